The number of nitrogens with zero attached hydrogens (tertiary/aromatic N) is 21. The molecule has 0 aliphatic heterocycles. The summed E-state index contributed by atoms with van der Waals surface area (Å²) < 4.78 is 42.6. The summed E-state index contributed by atoms with van der Waals surface area (Å²) in [7, 11) is 0. The van der Waals surface area contributed by atoms with Crippen LogP contribution in [0.15, 0.2) is 130 Å². The van der Waals surface area contributed by atoms with E-state index in [1.807, 2.05) is 77.9 Å². The first-order chi connectivity index (χ1) is 44.0. The highest BCUT2D eigenvalue weighted by molar-refractivity contribution is 5.80. The lowest BCUT2D eigenvalue weighted by Crippen LogP contribution is -2.40. The number of fused-ring (bicyclic) bond motifs is 3. The Morgan fingerprint density at radius 2 is 0.824 bits per heavy atom. The normalized spacial score (nSPS) is 14.7. The fourth-order valence-corrected chi connectivity index (χ4v) is 11.1. The van der Waals surface area contributed by atoms with Crippen LogP contribution in [0.25, 0.3) is 84.1 Å². The van der Waals surface area contributed by atoms with E-state index in [9.17, 15) is 29.2 Å². The number of halogens is 2. The molecule has 1 saturated carbocycles. The fraction of sp³-hybridized carbons (Fsp3) is 0.419. The van der Waals surface area contributed by atoms with Gasteiger partial charge in [0.1, 0.15) is 0 Å². The first-order valence-corrected chi connectivity index (χ1v) is 30.4. The number of rotatable bonds is 23. The van der Waals surface area contributed by atoms with Gasteiger partial charge in [-0.3, -0.25) is 28.1 Å². The number of hydrogen-bond donors (Lipinski definition) is 6. The molecule has 12 aromatic rings. The molecule has 12 aromatic heterocycles. The predicted octanol–water partition coefficient (Wildman–Crippen LogP) is 7.18. The van der Waals surface area contributed by atoms with Crippen LogP contribution in [0.5, 0.6) is 0 Å². The summed E-state index contributed by atoms with van der Waals surface area (Å²) in [5.41, 5.74) is 11.8. The molecular formula is C62H75F2N21O6. The van der Waals surface area contributed by atoms with Gasteiger partial charge in [0.25, 0.3) is 0 Å². The molecule has 1 aliphatic carbocycles. The summed E-state index contributed by atoms with van der Waals surface area (Å²) in [4.78, 5) is 14.6. The van der Waals surface area contributed by atoms with Crippen molar-refractivity contribution in [2.45, 2.75) is 129 Å². The van der Waals surface area contributed by atoms with Gasteiger partial charge in [-0.15, -0.1) is 0 Å². The Morgan fingerprint density at radius 1 is 0.451 bits per heavy atom. The number of hydrogen-bond acceptors (Lipinski definition) is 18. The van der Waals surface area contributed by atoms with E-state index in [2.05, 4.69) is 80.5 Å². The zero-order valence-corrected chi connectivity index (χ0v) is 51.4. The minimum Gasteiger partial charge on any atom is -0.394 e. The lowest BCUT2D eigenvalue weighted by Gasteiger charge is -2.39. The van der Waals surface area contributed by atoms with Crippen LogP contribution in [0.2, 0.25) is 0 Å². The third-order valence-electron chi connectivity index (χ3n) is 16.7. The molecule has 0 amide bonds. The van der Waals surface area contributed by atoms with Gasteiger partial charge in [-0.2, -0.15) is 45.9 Å². The van der Waals surface area contributed by atoms with E-state index in [1.54, 1.807) is 100 Å². The van der Waals surface area contributed by atoms with E-state index in [-0.39, 0.29) is 70.4 Å². The monoisotopic (exact) mass is 1250 g/mol. The summed E-state index contributed by atoms with van der Waals surface area (Å²) in [6.45, 7) is 12.1. The second-order valence-electron chi connectivity index (χ2n) is 23.3. The van der Waals surface area contributed by atoms with Crippen molar-refractivity contribution in [2.75, 3.05) is 26.4 Å². The van der Waals surface area contributed by atoms with Crippen LogP contribution in [0.1, 0.15) is 97.8 Å². The lowest BCUT2D eigenvalue weighted by atomic mass is 9.75. The molecule has 0 saturated heterocycles. The van der Waals surface area contributed by atoms with E-state index < -0.39 is 24.2 Å². The van der Waals surface area contributed by atoms with Crippen LogP contribution in [0, 0.1) is 11.8 Å². The van der Waals surface area contributed by atoms with Crippen molar-refractivity contribution >= 4 is 16.6 Å². The highest BCUT2D eigenvalue weighted by Crippen LogP contribution is 2.48. The van der Waals surface area contributed by atoms with E-state index >= 15 is 0 Å². The Balaban J connectivity index is 0.000000141. The smallest absolute Gasteiger partial charge is 0.248 e. The Bertz CT molecular complexity index is 4320. The van der Waals surface area contributed by atoms with Crippen molar-refractivity contribution in [1.29, 1.82) is 0 Å². The van der Waals surface area contributed by atoms with Gasteiger partial charge in [0.15, 0.2) is 0 Å². The fourth-order valence-electron chi connectivity index (χ4n) is 11.1. The molecule has 27 nitrogen and oxygen atoms in total. The minimum atomic E-state index is -2.56. The molecule has 0 aromatic carbocycles. The average molecular weight is 1250 g/mol. The quantitative estimate of drug-likeness (QED) is 0.0369. The first-order valence-electron chi connectivity index (χ1n) is 30.4. The van der Waals surface area contributed by atoms with E-state index in [0.29, 0.717) is 34.7 Å². The maximum absolute atomic E-state index is 13.4. The minimum absolute atomic E-state index is 0.0846. The molecule has 12 heterocycles. The molecule has 0 radical (unpaired) electrons. The Hall–Kier alpha value is -9.26. The predicted molar refractivity (Wildman–Crippen MR) is 332 cm³/mol. The Labute approximate surface area is 521 Å². The molecule has 91 heavy (non-hydrogen) atoms. The standard InChI is InChI=1S/C22H25F2N7O2.2C20H25N7O2/c1-2-19(14-5-22(23,24)6-14)30-10-16(8-27-30)21-20-3-4-25-31(20)12-18(28-21)15-7-26-29(9-15)11-17(33)13-32;1-13(2)14(3)26-9-16(7-23-26)20-19-4-5-21-27(19)11-18(24-20)15-6-22-25(8-15)10-17(29)12-28;1-3-16(4-2)25-10-15(8-23-25)20-19-5-6-21-27(19)11-18(24-20)14-7-22-26(9-14)17(12-28)13-29/h3-4,7-10,12,14,17,19,32-33H,2,5-6,11,13H2,1H3;4-9,11,13-14,17,28-29H,10,12H2,1-3H3;5-11,16-17,28-29H,3-4,12-13H2,1-2H3/t17-,19?;14-,17+;/m10./s1. The maximum Gasteiger partial charge on any atom is 0.248 e. The van der Waals surface area contributed by atoms with Gasteiger partial charge < -0.3 is 30.6 Å². The molecule has 0 bridgehead atoms. The molecule has 1 aliphatic rings. The molecule has 1 unspecified atom stereocenters. The summed E-state index contributed by atoms with van der Waals surface area (Å²) in [5, 5.41) is 95.6. The highest BCUT2D eigenvalue weighted by atomic mass is 19.3. The van der Waals surface area contributed by atoms with Crippen molar-refractivity contribution in [2.24, 2.45) is 11.8 Å². The van der Waals surface area contributed by atoms with Crippen LogP contribution in [-0.4, -0.2) is 178 Å². The molecule has 6 N–H and O–H groups in total. The van der Waals surface area contributed by atoms with Gasteiger partial charge in [-0.1, -0.05) is 34.6 Å². The number of alkyl halides is 2. The molecule has 4 atom stereocenters. The van der Waals surface area contributed by atoms with Crippen LogP contribution in [-0.2, 0) is 13.1 Å². The van der Waals surface area contributed by atoms with Gasteiger partial charge in [0.2, 0.25) is 5.92 Å². The van der Waals surface area contributed by atoms with Gasteiger partial charge in [0, 0.05) is 83.4 Å². The van der Waals surface area contributed by atoms with Crippen LogP contribution >= 0.6 is 0 Å². The van der Waals surface area contributed by atoms with Crippen molar-refractivity contribution < 1.29 is 39.4 Å². The van der Waals surface area contributed by atoms with Gasteiger partial charge in [0.05, 0.1) is 201 Å². The van der Waals surface area contributed by atoms with Crippen LogP contribution in [0.4, 0.5) is 8.78 Å². The topological polar surface area (TPSA) is 319 Å². The van der Waals surface area contributed by atoms with E-state index in [1.165, 1.54) is 0 Å². The summed E-state index contributed by atoms with van der Waals surface area (Å²) in [6.07, 6.45) is 33.1. The van der Waals surface area contributed by atoms with Gasteiger partial charge in [-0.25, -0.2) is 37.3 Å². The van der Waals surface area contributed by atoms with Crippen molar-refractivity contribution in [1.82, 2.24) is 102 Å². The van der Waals surface area contributed by atoms with Crippen LogP contribution in [0.3, 0.4) is 0 Å². The SMILES string of the molecule is CC(C)[C@H](C)n1cc(-c2nc(-c3cnn(C[C@@H](O)CO)c3)cn3nccc23)cn1.CCC(C1CC(F)(F)C1)n1cc(-c2nc(-c3cnn(C[C@@H](O)CO)c3)cn3nccc23)cn1.CCC(CC)n1cc(-c2nc(-c3cnn(C(CO)CO)c3)cn3nccc23)cn1. The number of aliphatic hydroxyl groups is 6. The number of aromatic nitrogens is 21. The van der Waals surface area contributed by atoms with Crippen LogP contribution < -0.4 is 0 Å². The van der Waals surface area contributed by atoms with E-state index in [4.69, 9.17) is 25.2 Å². The van der Waals surface area contributed by atoms with Crippen molar-refractivity contribution in [3.8, 4) is 67.5 Å². The number of aliphatic hydroxyl groups excluding tert-OH is 6. The van der Waals surface area contributed by atoms with Crippen molar-refractivity contribution in [3.63, 3.8) is 0 Å². The molecule has 478 valence electrons. The maximum atomic E-state index is 13.4. The Morgan fingerprint density at radius 3 is 1.23 bits per heavy atom. The second-order valence-corrected chi connectivity index (χ2v) is 23.3. The average Bonchev–Trinajstić information content (AvgIpc) is 1.76. The Kier molecular flexibility index (Phi) is 19.1. The molecule has 29 heteroatoms. The molecule has 13 rings (SSSR count). The van der Waals surface area contributed by atoms with Crippen molar-refractivity contribution in [3.05, 3.63) is 130 Å². The zero-order valence-electron chi connectivity index (χ0n) is 51.4. The lowest BCUT2D eigenvalue weighted by molar-refractivity contribution is -0.125. The third kappa shape index (κ3) is 13.8. The molecular weight excluding hydrogens is 1170 g/mol. The zero-order chi connectivity index (χ0) is 64.1. The third-order valence-corrected chi connectivity index (χ3v) is 16.7. The summed E-state index contributed by atoms with van der Waals surface area (Å²) in [5.74, 6) is -2.19. The van der Waals surface area contributed by atoms with E-state index in [0.717, 1.165) is 80.6 Å². The molecule has 0 spiro atoms. The summed E-state index contributed by atoms with van der Waals surface area (Å²) in [6, 6.07) is 5.79. The van der Waals surface area contributed by atoms with Gasteiger partial charge in [-0.05, 0) is 56.2 Å². The highest BCUT2D eigenvalue weighted by Gasteiger charge is 2.48. The van der Waals surface area contributed by atoms with Gasteiger partial charge >= 0.3 is 0 Å². The first kappa shape index (κ1) is 63.3. The second kappa shape index (κ2) is 27.5. The summed E-state index contributed by atoms with van der Waals surface area (Å²) >= 11 is 0. The molecule has 1 fully saturated rings. The largest absolute Gasteiger partial charge is 0.394 e.